The highest BCUT2D eigenvalue weighted by Crippen LogP contribution is 2.35. The van der Waals surface area contributed by atoms with Crippen LogP contribution in [0.25, 0.3) is 0 Å². The Bertz CT molecular complexity index is 475. The quantitative estimate of drug-likeness (QED) is 0.795. The van der Waals surface area contributed by atoms with Crippen LogP contribution in [0.3, 0.4) is 0 Å². The van der Waals surface area contributed by atoms with E-state index in [2.05, 4.69) is 0 Å². The molecule has 104 valence electrons. The monoisotopic (exact) mass is 289 g/mol. The molecule has 0 amide bonds. The van der Waals surface area contributed by atoms with Crippen molar-refractivity contribution in [2.45, 2.75) is 17.8 Å². The van der Waals surface area contributed by atoms with Crippen molar-refractivity contribution in [3.63, 3.8) is 0 Å². The van der Waals surface area contributed by atoms with Crippen LogP contribution in [-0.4, -0.2) is 30.9 Å². The highest BCUT2D eigenvalue weighted by Gasteiger charge is 2.32. The van der Waals surface area contributed by atoms with Crippen LogP contribution in [0.4, 0.5) is 18.9 Å². The number of anilines is 1. The number of rotatable bonds is 3. The van der Waals surface area contributed by atoms with E-state index < -0.39 is 11.7 Å². The van der Waals surface area contributed by atoms with Crippen molar-refractivity contribution in [3.05, 3.63) is 29.3 Å². The number of thioether (sulfide) groups is 1. The van der Waals surface area contributed by atoms with Crippen molar-refractivity contribution in [1.29, 1.82) is 0 Å². The van der Waals surface area contributed by atoms with Crippen LogP contribution in [0, 0.1) is 0 Å². The molecule has 1 aliphatic heterocycles. The molecule has 2 rings (SSSR count). The van der Waals surface area contributed by atoms with Crippen LogP contribution < -0.4 is 4.90 Å². The minimum absolute atomic E-state index is 0.315. The standard InChI is InChI=1S/C13H14F3NOS/c1-19-11-4-5-17(7-11)12-6-10(13(14,15)16)3-2-9(12)8-18/h2-3,6,8,11H,4-5,7H2,1H3. The van der Waals surface area contributed by atoms with Crippen LogP contribution in [0.15, 0.2) is 18.2 Å². The lowest BCUT2D eigenvalue weighted by Crippen LogP contribution is -2.22. The van der Waals surface area contributed by atoms with Gasteiger partial charge in [0, 0.05) is 29.6 Å². The Labute approximate surface area is 114 Å². The molecule has 0 saturated carbocycles. The minimum Gasteiger partial charge on any atom is -0.370 e. The van der Waals surface area contributed by atoms with Gasteiger partial charge in [0.1, 0.15) is 0 Å². The van der Waals surface area contributed by atoms with E-state index in [0.717, 1.165) is 18.6 Å². The lowest BCUT2D eigenvalue weighted by atomic mass is 10.1. The molecule has 1 heterocycles. The fraction of sp³-hybridized carbons (Fsp3) is 0.462. The first-order valence-corrected chi connectivity index (χ1v) is 7.18. The van der Waals surface area contributed by atoms with E-state index in [1.54, 1.807) is 11.8 Å². The van der Waals surface area contributed by atoms with Crippen molar-refractivity contribution in [3.8, 4) is 0 Å². The maximum absolute atomic E-state index is 12.7. The number of hydrogen-bond donors (Lipinski definition) is 0. The fourth-order valence-corrected chi connectivity index (χ4v) is 2.90. The normalized spacial score (nSPS) is 19.8. The summed E-state index contributed by atoms with van der Waals surface area (Å²) in [6.07, 6.45) is -0.854. The third-order valence-corrected chi connectivity index (χ3v) is 4.36. The van der Waals surface area contributed by atoms with Crippen LogP contribution >= 0.6 is 11.8 Å². The Kier molecular flexibility index (Phi) is 4.08. The van der Waals surface area contributed by atoms with Gasteiger partial charge in [0.2, 0.25) is 0 Å². The largest absolute Gasteiger partial charge is 0.416 e. The molecule has 0 spiro atoms. The van der Waals surface area contributed by atoms with E-state index in [1.807, 2.05) is 11.2 Å². The van der Waals surface area contributed by atoms with Gasteiger partial charge in [-0.25, -0.2) is 0 Å². The van der Waals surface area contributed by atoms with Gasteiger partial charge in [-0.2, -0.15) is 24.9 Å². The molecule has 1 aromatic rings. The molecule has 19 heavy (non-hydrogen) atoms. The number of carbonyl (C=O) groups excluding carboxylic acids is 1. The number of alkyl halides is 3. The van der Waals surface area contributed by atoms with E-state index in [9.17, 15) is 18.0 Å². The lowest BCUT2D eigenvalue weighted by molar-refractivity contribution is -0.137. The number of nitrogens with zero attached hydrogens (tertiary/aromatic N) is 1. The number of carbonyl (C=O) groups is 1. The van der Waals surface area contributed by atoms with E-state index in [1.165, 1.54) is 6.07 Å². The molecule has 1 unspecified atom stereocenters. The number of aldehydes is 1. The first kappa shape index (κ1) is 14.2. The molecule has 0 aliphatic carbocycles. The molecule has 0 bridgehead atoms. The summed E-state index contributed by atoms with van der Waals surface area (Å²) in [5.74, 6) is 0. The Balaban J connectivity index is 2.35. The second-order valence-electron chi connectivity index (χ2n) is 4.48. The molecule has 1 atom stereocenters. The number of benzene rings is 1. The molecule has 2 nitrogen and oxygen atoms in total. The van der Waals surface area contributed by atoms with Crippen molar-refractivity contribution < 1.29 is 18.0 Å². The Morgan fingerprint density at radius 2 is 2.16 bits per heavy atom. The summed E-state index contributed by atoms with van der Waals surface area (Å²) in [6.45, 7) is 1.37. The zero-order chi connectivity index (χ0) is 14.0. The molecule has 0 N–H and O–H groups in total. The molecular weight excluding hydrogens is 275 g/mol. The van der Waals surface area contributed by atoms with Gasteiger partial charge >= 0.3 is 6.18 Å². The Morgan fingerprint density at radius 3 is 2.68 bits per heavy atom. The maximum Gasteiger partial charge on any atom is 0.416 e. The first-order valence-electron chi connectivity index (χ1n) is 5.90. The SMILES string of the molecule is CSC1CCN(c2cc(C(F)(F)F)ccc2C=O)C1. The summed E-state index contributed by atoms with van der Waals surface area (Å²) in [5.41, 5.74) is -0.00294. The summed E-state index contributed by atoms with van der Waals surface area (Å²) in [5, 5.41) is 0.411. The second kappa shape index (κ2) is 5.45. The van der Waals surface area contributed by atoms with E-state index in [0.29, 0.717) is 35.9 Å². The zero-order valence-electron chi connectivity index (χ0n) is 10.4. The third-order valence-electron chi connectivity index (χ3n) is 3.30. The maximum atomic E-state index is 12.7. The van der Waals surface area contributed by atoms with E-state index >= 15 is 0 Å². The smallest absolute Gasteiger partial charge is 0.370 e. The van der Waals surface area contributed by atoms with Crippen molar-refractivity contribution in [2.75, 3.05) is 24.2 Å². The van der Waals surface area contributed by atoms with Crippen molar-refractivity contribution in [2.24, 2.45) is 0 Å². The van der Waals surface area contributed by atoms with Crippen LogP contribution in [0.2, 0.25) is 0 Å². The van der Waals surface area contributed by atoms with Gasteiger partial charge in [0.05, 0.1) is 5.56 Å². The highest BCUT2D eigenvalue weighted by atomic mass is 32.2. The molecule has 0 radical (unpaired) electrons. The predicted octanol–water partition coefficient (Wildman–Crippen LogP) is 3.46. The number of hydrogen-bond acceptors (Lipinski definition) is 3. The zero-order valence-corrected chi connectivity index (χ0v) is 11.2. The molecular formula is C13H14F3NOS. The van der Waals surface area contributed by atoms with E-state index in [-0.39, 0.29) is 0 Å². The van der Waals surface area contributed by atoms with Gasteiger partial charge in [-0.1, -0.05) is 0 Å². The van der Waals surface area contributed by atoms with E-state index in [4.69, 9.17) is 0 Å². The fourth-order valence-electron chi connectivity index (χ4n) is 2.23. The van der Waals surface area contributed by atoms with Crippen molar-refractivity contribution in [1.82, 2.24) is 0 Å². The highest BCUT2D eigenvalue weighted by molar-refractivity contribution is 7.99. The first-order chi connectivity index (χ1) is 8.95. The number of halogens is 3. The minimum atomic E-state index is -4.38. The van der Waals surface area contributed by atoms with Gasteiger partial charge < -0.3 is 4.90 Å². The average molecular weight is 289 g/mol. The van der Waals surface area contributed by atoms with Crippen molar-refractivity contribution >= 4 is 23.7 Å². The predicted molar refractivity (Wildman–Crippen MR) is 71.0 cm³/mol. The second-order valence-corrected chi connectivity index (χ2v) is 5.62. The van der Waals surface area contributed by atoms with Crippen LogP contribution in [-0.2, 0) is 6.18 Å². The van der Waals surface area contributed by atoms with Gasteiger partial charge in [0.25, 0.3) is 0 Å². The lowest BCUT2D eigenvalue weighted by Gasteiger charge is -2.21. The summed E-state index contributed by atoms with van der Waals surface area (Å²) in [7, 11) is 0. The Morgan fingerprint density at radius 1 is 1.42 bits per heavy atom. The topological polar surface area (TPSA) is 20.3 Å². The average Bonchev–Trinajstić information content (AvgIpc) is 2.85. The van der Waals surface area contributed by atoms with Gasteiger partial charge in [-0.15, -0.1) is 0 Å². The van der Waals surface area contributed by atoms with Crippen LogP contribution in [0.1, 0.15) is 22.3 Å². The Hall–Kier alpha value is -1.17. The molecule has 0 aromatic heterocycles. The summed E-state index contributed by atoms with van der Waals surface area (Å²) in [4.78, 5) is 12.8. The molecule has 1 saturated heterocycles. The molecule has 6 heteroatoms. The summed E-state index contributed by atoms with van der Waals surface area (Å²) < 4.78 is 38.2. The van der Waals surface area contributed by atoms with Gasteiger partial charge in [-0.3, -0.25) is 4.79 Å². The summed E-state index contributed by atoms with van der Waals surface area (Å²) in [6, 6.07) is 3.28. The van der Waals surface area contributed by atoms with Gasteiger partial charge in [0.15, 0.2) is 6.29 Å². The third kappa shape index (κ3) is 3.05. The van der Waals surface area contributed by atoms with Gasteiger partial charge in [-0.05, 0) is 30.9 Å². The van der Waals surface area contributed by atoms with Crippen LogP contribution in [0.5, 0.6) is 0 Å². The molecule has 1 fully saturated rings. The molecule has 1 aromatic carbocycles. The molecule has 1 aliphatic rings. The summed E-state index contributed by atoms with van der Waals surface area (Å²) >= 11 is 1.70.